The molecule has 0 saturated carbocycles. The second kappa shape index (κ2) is 9.61. The minimum atomic E-state index is -0.745. The first-order valence-corrected chi connectivity index (χ1v) is 11.7. The van der Waals surface area contributed by atoms with E-state index in [4.69, 9.17) is 4.42 Å². The van der Waals surface area contributed by atoms with Crippen LogP contribution in [0.2, 0.25) is 0 Å². The molecule has 6 nitrogen and oxygen atoms in total. The summed E-state index contributed by atoms with van der Waals surface area (Å²) in [5.41, 5.74) is 6.14. The van der Waals surface area contributed by atoms with Crippen molar-refractivity contribution < 1.29 is 14.3 Å². The second-order valence-electron chi connectivity index (χ2n) is 8.78. The van der Waals surface area contributed by atoms with Gasteiger partial charge in [-0.25, -0.2) is 0 Å². The molecule has 4 aromatic rings. The van der Waals surface area contributed by atoms with Gasteiger partial charge in [-0.05, 0) is 66.8 Å². The van der Waals surface area contributed by atoms with Gasteiger partial charge in [-0.3, -0.25) is 9.69 Å². The van der Waals surface area contributed by atoms with Gasteiger partial charge in [0.25, 0.3) is 0 Å². The highest BCUT2D eigenvalue weighted by Gasteiger charge is 2.28. The molecule has 1 N–H and O–H groups in total. The number of rotatable bonds is 6. The maximum atomic E-state index is 11.6. The highest BCUT2D eigenvalue weighted by molar-refractivity contribution is 5.75. The Kier molecular flexibility index (Phi) is 6.23. The van der Waals surface area contributed by atoms with E-state index in [1.807, 2.05) is 59.5 Å². The van der Waals surface area contributed by atoms with Gasteiger partial charge in [0.1, 0.15) is 6.04 Å². The van der Waals surface area contributed by atoms with Crippen LogP contribution in [0.4, 0.5) is 0 Å². The SMILES string of the molecule is Cc1c(-c2ccccc2)cccc1-c1nnc(-c2cccc(CN3CCCC[C@H]3C(=O)O)c2)o1. The predicted octanol–water partition coefficient (Wildman–Crippen LogP) is 5.82. The molecule has 172 valence electrons. The summed E-state index contributed by atoms with van der Waals surface area (Å²) in [4.78, 5) is 13.7. The lowest BCUT2D eigenvalue weighted by molar-refractivity contribution is -0.144. The molecule has 34 heavy (non-hydrogen) atoms. The zero-order valence-corrected chi connectivity index (χ0v) is 19.1. The molecule has 0 spiro atoms. The Morgan fingerprint density at radius 3 is 2.50 bits per heavy atom. The minimum Gasteiger partial charge on any atom is -0.480 e. The fraction of sp³-hybridized carbons (Fsp3) is 0.250. The Hall–Kier alpha value is -3.77. The largest absolute Gasteiger partial charge is 0.480 e. The first kappa shape index (κ1) is 22.0. The van der Waals surface area contributed by atoms with E-state index in [-0.39, 0.29) is 0 Å². The highest BCUT2D eigenvalue weighted by atomic mass is 16.4. The lowest BCUT2D eigenvalue weighted by Crippen LogP contribution is -2.43. The molecule has 1 atom stereocenters. The molecule has 0 unspecified atom stereocenters. The topological polar surface area (TPSA) is 79.5 Å². The van der Waals surface area contributed by atoms with Crippen molar-refractivity contribution in [1.29, 1.82) is 0 Å². The van der Waals surface area contributed by atoms with Gasteiger partial charge >= 0.3 is 5.97 Å². The summed E-state index contributed by atoms with van der Waals surface area (Å²) >= 11 is 0. The summed E-state index contributed by atoms with van der Waals surface area (Å²) in [6, 6.07) is 23.9. The van der Waals surface area contributed by atoms with E-state index in [0.717, 1.165) is 52.8 Å². The van der Waals surface area contributed by atoms with Crippen LogP contribution in [0.5, 0.6) is 0 Å². The molecule has 0 radical (unpaired) electrons. The van der Waals surface area contributed by atoms with Crippen molar-refractivity contribution in [3.05, 3.63) is 83.9 Å². The van der Waals surface area contributed by atoms with Gasteiger partial charge in [-0.2, -0.15) is 0 Å². The third kappa shape index (κ3) is 4.50. The first-order valence-electron chi connectivity index (χ1n) is 11.7. The van der Waals surface area contributed by atoms with Gasteiger partial charge in [0.05, 0.1) is 0 Å². The second-order valence-corrected chi connectivity index (χ2v) is 8.78. The number of piperidine rings is 1. The van der Waals surface area contributed by atoms with E-state index >= 15 is 0 Å². The number of hydrogen-bond acceptors (Lipinski definition) is 5. The van der Waals surface area contributed by atoms with Crippen LogP contribution in [0.3, 0.4) is 0 Å². The van der Waals surface area contributed by atoms with Gasteiger partial charge in [0.15, 0.2) is 0 Å². The fourth-order valence-electron chi connectivity index (χ4n) is 4.74. The van der Waals surface area contributed by atoms with Crippen molar-refractivity contribution in [2.24, 2.45) is 0 Å². The number of carboxylic acids is 1. The molecule has 6 heteroatoms. The molecule has 1 aromatic heterocycles. The third-order valence-corrected chi connectivity index (χ3v) is 6.53. The molecule has 1 saturated heterocycles. The van der Waals surface area contributed by atoms with E-state index in [9.17, 15) is 9.90 Å². The average molecular weight is 454 g/mol. The van der Waals surface area contributed by atoms with Crippen molar-refractivity contribution in [1.82, 2.24) is 15.1 Å². The number of carbonyl (C=O) groups is 1. The van der Waals surface area contributed by atoms with Gasteiger partial charge in [-0.1, -0.05) is 61.0 Å². The monoisotopic (exact) mass is 453 g/mol. The normalized spacial score (nSPS) is 16.4. The van der Waals surface area contributed by atoms with Crippen molar-refractivity contribution in [2.45, 2.75) is 38.8 Å². The van der Waals surface area contributed by atoms with E-state index in [2.05, 4.69) is 35.3 Å². The standard InChI is InChI=1S/C28H27N3O3/c1-19-23(21-10-3-2-4-11-21)13-8-14-24(19)27-30-29-26(34-27)22-12-7-9-20(17-22)18-31-16-6-5-15-25(31)28(32)33/h2-4,7-14,17,25H,5-6,15-16,18H2,1H3,(H,32,33)/t25-/m0/s1. The number of carboxylic acid groups (broad SMARTS) is 1. The molecule has 0 aliphatic carbocycles. The lowest BCUT2D eigenvalue weighted by Gasteiger charge is -2.32. The Morgan fingerprint density at radius 1 is 0.941 bits per heavy atom. The third-order valence-electron chi connectivity index (χ3n) is 6.53. The van der Waals surface area contributed by atoms with E-state index in [0.29, 0.717) is 24.7 Å². The Bertz CT molecular complexity index is 1300. The maximum absolute atomic E-state index is 11.6. The number of aromatic nitrogens is 2. The smallest absolute Gasteiger partial charge is 0.320 e. The Labute approximate surface area is 198 Å². The summed E-state index contributed by atoms with van der Waals surface area (Å²) in [6.45, 7) is 3.45. The summed E-state index contributed by atoms with van der Waals surface area (Å²) in [6.07, 6.45) is 2.69. The van der Waals surface area contributed by atoms with Crippen LogP contribution in [0.15, 0.2) is 77.2 Å². The Morgan fingerprint density at radius 2 is 1.68 bits per heavy atom. The van der Waals surface area contributed by atoms with E-state index < -0.39 is 12.0 Å². The summed E-state index contributed by atoms with van der Waals surface area (Å²) in [7, 11) is 0. The summed E-state index contributed by atoms with van der Waals surface area (Å²) < 4.78 is 6.10. The molecule has 1 aliphatic rings. The molecule has 5 rings (SSSR count). The molecule has 0 amide bonds. The van der Waals surface area contributed by atoms with Crippen molar-refractivity contribution >= 4 is 5.97 Å². The molecule has 1 aliphatic heterocycles. The number of likely N-dealkylation sites (tertiary alicyclic amines) is 1. The maximum Gasteiger partial charge on any atom is 0.320 e. The zero-order chi connectivity index (χ0) is 23.5. The van der Waals surface area contributed by atoms with Crippen molar-refractivity contribution in [3.8, 4) is 34.0 Å². The summed E-state index contributed by atoms with van der Waals surface area (Å²) in [5, 5.41) is 18.2. The first-order chi connectivity index (χ1) is 16.6. The molecular weight excluding hydrogens is 426 g/mol. The van der Waals surface area contributed by atoms with Crippen molar-refractivity contribution in [2.75, 3.05) is 6.54 Å². The number of nitrogens with zero attached hydrogens (tertiary/aromatic N) is 3. The average Bonchev–Trinajstić information content (AvgIpc) is 3.35. The Balaban J connectivity index is 1.40. The van der Waals surface area contributed by atoms with Gasteiger partial charge in [-0.15, -0.1) is 10.2 Å². The lowest BCUT2D eigenvalue weighted by atomic mass is 9.96. The highest BCUT2D eigenvalue weighted by Crippen LogP contribution is 2.32. The number of aliphatic carboxylic acids is 1. The van der Waals surface area contributed by atoms with Crippen LogP contribution >= 0.6 is 0 Å². The van der Waals surface area contributed by atoms with Gasteiger partial charge < -0.3 is 9.52 Å². The molecule has 3 aromatic carbocycles. The van der Waals surface area contributed by atoms with Crippen LogP contribution in [0, 0.1) is 6.92 Å². The summed E-state index contributed by atoms with van der Waals surface area (Å²) in [5.74, 6) is 0.193. The zero-order valence-electron chi connectivity index (χ0n) is 19.1. The molecular formula is C28H27N3O3. The molecule has 2 heterocycles. The quantitative estimate of drug-likeness (QED) is 0.396. The van der Waals surface area contributed by atoms with Crippen LogP contribution in [0.1, 0.15) is 30.4 Å². The van der Waals surface area contributed by atoms with Crippen LogP contribution in [0.25, 0.3) is 34.0 Å². The van der Waals surface area contributed by atoms with Gasteiger partial charge in [0, 0.05) is 17.7 Å². The van der Waals surface area contributed by atoms with Crippen LogP contribution in [-0.4, -0.2) is 38.8 Å². The predicted molar refractivity (Wildman–Crippen MR) is 131 cm³/mol. The number of benzene rings is 3. The fourth-order valence-corrected chi connectivity index (χ4v) is 4.74. The molecule has 0 bridgehead atoms. The van der Waals surface area contributed by atoms with Crippen LogP contribution in [-0.2, 0) is 11.3 Å². The minimum absolute atomic E-state index is 0.424. The molecule has 1 fully saturated rings. The van der Waals surface area contributed by atoms with Gasteiger partial charge in [0.2, 0.25) is 11.8 Å². The van der Waals surface area contributed by atoms with Crippen LogP contribution < -0.4 is 0 Å². The van der Waals surface area contributed by atoms with E-state index in [1.54, 1.807) is 0 Å². The number of hydrogen-bond donors (Lipinski definition) is 1. The van der Waals surface area contributed by atoms with E-state index in [1.165, 1.54) is 0 Å². The van der Waals surface area contributed by atoms with Crippen molar-refractivity contribution in [3.63, 3.8) is 0 Å².